The van der Waals surface area contributed by atoms with E-state index in [2.05, 4.69) is 36.9 Å². The minimum absolute atomic E-state index is 0.465. The van der Waals surface area contributed by atoms with E-state index in [0.717, 1.165) is 51.1 Å². The summed E-state index contributed by atoms with van der Waals surface area (Å²) in [4.78, 5) is 2.54. The number of hydrogen-bond donors (Lipinski definition) is 0. The molecule has 1 saturated heterocycles. The van der Waals surface area contributed by atoms with Gasteiger partial charge in [0.15, 0.2) is 0 Å². The van der Waals surface area contributed by atoms with Gasteiger partial charge in [-0.1, -0.05) is 19.1 Å². The van der Waals surface area contributed by atoms with Gasteiger partial charge >= 0.3 is 0 Å². The van der Waals surface area contributed by atoms with Crippen LogP contribution in [0.2, 0.25) is 0 Å². The number of benzene rings is 1. The molecule has 3 rings (SSSR count). The van der Waals surface area contributed by atoms with Gasteiger partial charge in [0, 0.05) is 32.1 Å². The van der Waals surface area contributed by atoms with Crippen molar-refractivity contribution >= 4 is 10.0 Å². The first kappa shape index (κ1) is 19.6. The molecule has 1 unspecified atom stereocenters. The Hall–Kier alpha value is -1.11. The Morgan fingerprint density at radius 1 is 1.31 bits per heavy atom. The van der Waals surface area contributed by atoms with Crippen molar-refractivity contribution in [1.29, 1.82) is 0 Å². The van der Waals surface area contributed by atoms with E-state index in [1.807, 2.05) is 0 Å². The Bertz CT molecular complexity index is 712. The maximum atomic E-state index is 11.7. The highest BCUT2D eigenvalue weighted by molar-refractivity contribution is 7.88. The summed E-state index contributed by atoms with van der Waals surface area (Å²) in [6.07, 6.45) is 5.28. The van der Waals surface area contributed by atoms with E-state index >= 15 is 0 Å². The summed E-state index contributed by atoms with van der Waals surface area (Å²) in [5.74, 6) is 1.64. The zero-order chi connectivity index (χ0) is 18.7. The summed E-state index contributed by atoms with van der Waals surface area (Å²) >= 11 is 0. The Morgan fingerprint density at radius 3 is 2.69 bits per heavy atom. The van der Waals surface area contributed by atoms with Gasteiger partial charge in [0.2, 0.25) is 10.0 Å². The number of likely N-dealkylation sites (N-methyl/N-ethyl adjacent to an activating group) is 1. The lowest BCUT2D eigenvalue weighted by Gasteiger charge is -2.36. The molecule has 1 aromatic carbocycles. The normalized spacial score (nSPS) is 20.2. The van der Waals surface area contributed by atoms with E-state index in [4.69, 9.17) is 4.74 Å². The van der Waals surface area contributed by atoms with E-state index in [1.165, 1.54) is 17.4 Å². The fraction of sp³-hybridized carbons (Fsp3) is 0.700. The van der Waals surface area contributed by atoms with Crippen LogP contribution in [0.5, 0.6) is 5.75 Å². The maximum absolute atomic E-state index is 11.7. The van der Waals surface area contributed by atoms with Crippen LogP contribution in [0, 0.1) is 5.92 Å². The SMILES string of the molecule is CCN(CC1CCN(S(C)(=O)=O)CC1)C(C)Cc1ccc2c(c1)OCC2. The standard InChI is InChI=1S/C20H32N2O3S/c1-4-21(15-17-7-10-22(11-8-17)26(3,23)24)16(2)13-18-5-6-19-9-12-25-20(19)14-18/h5-6,14,16-17H,4,7-13,15H2,1-3H3. The van der Waals surface area contributed by atoms with Crippen molar-refractivity contribution in [3.63, 3.8) is 0 Å². The summed E-state index contributed by atoms with van der Waals surface area (Å²) in [7, 11) is -3.04. The molecule has 0 amide bonds. The highest BCUT2D eigenvalue weighted by Gasteiger charge is 2.27. The molecule has 6 heteroatoms. The predicted octanol–water partition coefficient (Wildman–Crippen LogP) is 2.55. The number of piperidine rings is 1. The first-order chi connectivity index (χ1) is 12.4. The van der Waals surface area contributed by atoms with Gasteiger partial charge in [-0.15, -0.1) is 0 Å². The van der Waals surface area contributed by atoms with Crippen molar-refractivity contribution in [3.05, 3.63) is 29.3 Å². The molecule has 26 heavy (non-hydrogen) atoms. The number of rotatable bonds is 7. The molecular formula is C20H32N2O3S. The van der Waals surface area contributed by atoms with Crippen LogP contribution in [0.4, 0.5) is 0 Å². The van der Waals surface area contributed by atoms with Gasteiger partial charge in [-0.25, -0.2) is 12.7 Å². The summed E-state index contributed by atoms with van der Waals surface area (Å²) in [5.41, 5.74) is 2.66. The van der Waals surface area contributed by atoms with Crippen molar-refractivity contribution in [2.75, 3.05) is 39.0 Å². The topological polar surface area (TPSA) is 49.9 Å². The second-order valence-electron chi connectivity index (χ2n) is 7.79. The largest absolute Gasteiger partial charge is 0.493 e. The van der Waals surface area contributed by atoms with E-state index in [9.17, 15) is 8.42 Å². The van der Waals surface area contributed by atoms with E-state index in [0.29, 0.717) is 25.0 Å². The van der Waals surface area contributed by atoms with Crippen LogP contribution < -0.4 is 4.74 Å². The Kier molecular flexibility index (Phi) is 6.25. The Morgan fingerprint density at radius 2 is 2.04 bits per heavy atom. The van der Waals surface area contributed by atoms with Crippen LogP contribution >= 0.6 is 0 Å². The third kappa shape index (κ3) is 4.78. The van der Waals surface area contributed by atoms with Crippen LogP contribution in [0.15, 0.2) is 18.2 Å². The van der Waals surface area contributed by atoms with Crippen molar-refractivity contribution < 1.29 is 13.2 Å². The molecule has 0 aromatic heterocycles. The molecule has 0 spiro atoms. The number of ether oxygens (including phenoxy) is 1. The minimum Gasteiger partial charge on any atom is -0.493 e. The lowest BCUT2D eigenvalue weighted by Crippen LogP contribution is -2.43. The van der Waals surface area contributed by atoms with Gasteiger partial charge in [-0.2, -0.15) is 0 Å². The van der Waals surface area contributed by atoms with Crippen molar-refractivity contribution in [1.82, 2.24) is 9.21 Å². The molecule has 1 fully saturated rings. The number of nitrogens with zero attached hydrogens (tertiary/aromatic N) is 2. The average molecular weight is 381 g/mol. The lowest BCUT2D eigenvalue weighted by molar-refractivity contribution is 0.152. The molecule has 146 valence electrons. The van der Waals surface area contributed by atoms with Crippen LogP contribution in [-0.2, 0) is 22.9 Å². The predicted molar refractivity (Wildman–Crippen MR) is 105 cm³/mol. The van der Waals surface area contributed by atoms with Gasteiger partial charge in [-0.3, -0.25) is 0 Å². The van der Waals surface area contributed by atoms with Crippen LogP contribution in [0.25, 0.3) is 0 Å². The highest BCUT2D eigenvalue weighted by Crippen LogP contribution is 2.27. The number of fused-ring (bicyclic) bond motifs is 1. The smallest absolute Gasteiger partial charge is 0.211 e. The van der Waals surface area contributed by atoms with E-state index in [-0.39, 0.29) is 0 Å². The molecule has 1 aromatic rings. The maximum Gasteiger partial charge on any atom is 0.211 e. The Labute approximate surface area is 158 Å². The second-order valence-corrected chi connectivity index (χ2v) is 9.77. The molecule has 2 heterocycles. The molecule has 0 radical (unpaired) electrons. The quantitative estimate of drug-likeness (QED) is 0.729. The molecule has 0 saturated carbocycles. The number of sulfonamides is 1. The monoisotopic (exact) mass is 380 g/mol. The third-order valence-electron chi connectivity index (χ3n) is 5.86. The molecule has 0 bridgehead atoms. The molecule has 1 atom stereocenters. The van der Waals surface area contributed by atoms with Gasteiger partial charge in [0.1, 0.15) is 5.75 Å². The molecular weight excluding hydrogens is 348 g/mol. The summed E-state index contributed by atoms with van der Waals surface area (Å²) in [6, 6.07) is 7.12. The zero-order valence-corrected chi connectivity index (χ0v) is 17.1. The van der Waals surface area contributed by atoms with E-state index < -0.39 is 10.0 Å². The summed E-state index contributed by atoms with van der Waals surface area (Å²) in [5, 5.41) is 0. The fourth-order valence-corrected chi connectivity index (χ4v) is 5.06. The van der Waals surface area contributed by atoms with Crippen LogP contribution in [0.3, 0.4) is 0 Å². The van der Waals surface area contributed by atoms with Gasteiger partial charge in [-0.05, 0) is 55.8 Å². The van der Waals surface area contributed by atoms with Crippen LogP contribution in [0.1, 0.15) is 37.8 Å². The highest BCUT2D eigenvalue weighted by atomic mass is 32.2. The summed E-state index contributed by atoms with van der Waals surface area (Å²) < 4.78 is 30.7. The first-order valence-corrected chi connectivity index (χ1v) is 11.7. The molecule has 5 nitrogen and oxygen atoms in total. The van der Waals surface area contributed by atoms with E-state index in [1.54, 1.807) is 4.31 Å². The third-order valence-corrected chi connectivity index (χ3v) is 7.16. The second kappa shape index (κ2) is 8.28. The molecule has 0 aliphatic carbocycles. The fourth-order valence-electron chi connectivity index (χ4n) is 4.18. The lowest BCUT2D eigenvalue weighted by atomic mass is 9.96. The molecule has 2 aliphatic heterocycles. The van der Waals surface area contributed by atoms with Crippen molar-refractivity contribution in [2.45, 2.75) is 45.6 Å². The first-order valence-electron chi connectivity index (χ1n) is 9.80. The Balaban J connectivity index is 1.53. The number of hydrogen-bond acceptors (Lipinski definition) is 4. The van der Waals surface area contributed by atoms with Crippen molar-refractivity contribution in [3.8, 4) is 5.75 Å². The van der Waals surface area contributed by atoms with Crippen LogP contribution in [-0.4, -0.2) is 62.7 Å². The molecule has 0 N–H and O–H groups in total. The van der Waals surface area contributed by atoms with Gasteiger partial charge in [0.25, 0.3) is 0 Å². The van der Waals surface area contributed by atoms with Gasteiger partial charge in [0.05, 0.1) is 12.9 Å². The minimum atomic E-state index is -3.04. The van der Waals surface area contributed by atoms with Crippen molar-refractivity contribution in [2.24, 2.45) is 5.92 Å². The zero-order valence-electron chi connectivity index (χ0n) is 16.3. The summed E-state index contributed by atoms with van der Waals surface area (Å²) in [6.45, 7) is 8.72. The van der Waals surface area contributed by atoms with Gasteiger partial charge < -0.3 is 9.64 Å². The molecule has 2 aliphatic rings. The average Bonchev–Trinajstić information content (AvgIpc) is 3.07.